The topological polar surface area (TPSA) is 57.6 Å². The molecule has 0 aliphatic carbocycles. The lowest BCUT2D eigenvalue weighted by Crippen LogP contribution is -2.32. The van der Waals surface area contributed by atoms with Crippen LogP contribution in [0.3, 0.4) is 0 Å². The number of likely N-dealkylation sites (N-methyl/N-ethyl adjacent to an activating group) is 1. The van der Waals surface area contributed by atoms with Crippen LogP contribution < -0.4 is 0 Å². The number of carbonyl (C=O) groups is 2. The van der Waals surface area contributed by atoms with Crippen LogP contribution in [0.1, 0.15) is 12.0 Å². The second-order valence-electron chi connectivity index (χ2n) is 3.77. The van der Waals surface area contributed by atoms with Crippen LogP contribution in [0.2, 0.25) is 0 Å². The number of hydrogen-bond donors (Lipinski definition) is 1. The van der Waals surface area contributed by atoms with Crippen molar-refractivity contribution in [3.63, 3.8) is 0 Å². The van der Waals surface area contributed by atoms with Crippen LogP contribution in [-0.2, 0) is 16.0 Å². The van der Waals surface area contributed by atoms with Crippen LogP contribution in [0, 0.1) is 5.82 Å². The van der Waals surface area contributed by atoms with Gasteiger partial charge in [-0.2, -0.15) is 0 Å². The summed E-state index contributed by atoms with van der Waals surface area (Å²) in [6.45, 7) is -0.303. The summed E-state index contributed by atoms with van der Waals surface area (Å²) in [5.41, 5.74) is 0.850. The molecule has 0 aromatic heterocycles. The fourth-order valence-corrected chi connectivity index (χ4v) is 1.38. The van der Waals surface area contributed by atoms with E-state index in [1.807, 2.05) is 0 Å². The van der Waals surface area contributed by atoms with Gasteiger partial charge in [0.05, 0.1) is 0 Å². The molecule has 0 aliphatic heterocycles. The van der Waals surface area contributed by atoms with Crippen LogP contribution in [0.4, 0.5) is 4.39 Å². The van der Waals surface area contributed by atoms with Gasteiger partial charge >= 0.3 is 5.97 Å². The Kier molecular flexibility index (Phi) is 4.63. The molecule has 1 aromatic carbocycles. The molecule has 4 nitrogen and oxygen atoms in total. The lowest BCUT2D eigenvalue weighted by Gasteiger charge is -2.14. The summed E-state index contributed by atoms with van der Waals surface area (Å²) in [4.78, 5) is 23.1. The average molecular weight is 239 g/mol. The van der Waals surface area contributed by atoms with E-state index in [1.165, 1.54) is 19.2 Å². The largest absolute Gasteiger partial charge is 0.480 e. The molecule has 0 atom stereocenters. The highest BCUT2D eigenvalue weighted by Crippen LogP contribution is 2.06. The zero-order chi connectivity index (χ0) is 12.8. The maximum atomic E-state index is 12.6. The molecule has 0 aliphatic rings. The minimum atomic E-state index is -1.04. The molecule has 1 N–H and O–H groups in total. The number of benzene rings is 1. The second kappa shape index (κ2) is 5.98. The monoisotopic (exact) mass is 239 g/mol. The summed E-state index contributed by atoms with van der Waals surface area (Å²) in [5.74, 6) is -1.59. The van der Waals surface area contributed by atoms with Crippen molar-refractivity contribution < 1.29 is 19.1 Å². The first-order valence-electron chi connectivity index (χ1n) is 5.19. The summed E-state index contributed by atoms with van der Waals surface area (Å²) < 4.78 is 12.6. The molecule has 0 bridgehead atoms. The summed E-state index contributed by atoms with van der Waals surface area (Å²) >= 11 is 0. The molecule has 0 fully saturated rings. The van der Waals surface area contributed by atoms with Crippen LogP contribution in [0.25, 0.3) is 0 Å². The fourth-order valence-electron chi connectivity index (χ4n) is 1.38. The third-order valence-electron chi connectivity index (χ3n) is 2.34. The highest BCUT2D eigenvalue weighted by atomic mass is 19.1. The minimum absolute atomic E-state index is 0.218. The third-order valence-corrected chi connectivity index (χ3v) is 2.34. The predicted octanol–water partition coefficient (Wildman–Crippen LogP) is 1.30. The Morgan fingerprint density at radius 3 is 2.41 bits per heavy atom. The van der Waals surface area contributed by atoms with Crippen LogP contribution >= 0.6 is 0 Å². The second-order valence-corrected chi connectivity index (χ2v) is 3.77. The standard InChI is InChI=1S/C12H14FNO3/c1-14(8-12(16)17)11(15)7-4-9-2-5-10(13)6-3-9/h2-3,5-6H,4,7-8H2,1H3,(H,16,17). The van der Waals surface area contributed by atoms with E-state index >= 15 is 0 Å². The van der Waals surface area contributed by atoms with E-state index in [9.17, 15) is 14.0 Å². The van der Waals surface area contributed by atoms with Gasteiger partial charge in [-0.25, -0.2) is 4.39 Å². The van der Waals surface area contributed by atoms with E-state index in [4.69, 9.17) is 5.11 Å². The number of amides is 1. The Balaban J connectivity index is 2.42. The molecule has 0 heterocycles. The summed E-state index contributed by atoms with van der Waals surface area (Å²) in [6.07, 6.45) is 0.693. The molecule has 5 heteroatoms. The van der Waals surface area contributed by atoms with Crippen molar-refractivity contribution in [2.24, 2.45) is 0 Å². The van der Waals surface area contributed by atoms with Crippen LogP contribution in [0.15, 0.2) is 24.3 Å². The predicted molar refractivity (Wildman–Crippen MR) is 60.0 cm³/mol. The molecular formula is C12H14FNO3. The third kappa shape index (κ3) is 4.63. The van der Waals surface area contributed by atoms with Gasteiger partial charge in [-0.15, -0.1) is 0 Å². The first-order valence-corrected chi connectivity index (χ1v) is 5.19. The van der Waals surface area contributed by atoms with Gasteiger partial charge in [-0.05, 0) is 24.1 Å². The minimum Gasteiger partial charge on any atom is -0.480 e. The van der Waals surface area contributed by atoms with Crippen molar-refractivity contribution in [2.75, 3.05) is 13.6 Å². The van der Waals surface area contributed by atoms with Gasteiger partial charge in [0.15, 0.2) is 0 Å². The normalized spacial score (nSPS) is 10.0. The Hall–Kier alpha value is -1.91. The Labute approximate surface area is 98.7 Å². The average Bonchev–Trinajstić information content (AvgIpc) is 2.27. The zero-order valence-electron chi connectivity index (χ0n) is 9.52. The Morgan fingerprint density at radius 1 is 1.29 bits per heavy atom. The van der Waals surface area contributed by atoms with Gasteiger partial charge in [-0.1, -0.05) is 12.1 Å². The quantitative estimate of drug-likeness (QED) is 0.842. The number of nitrogens with zero attached hydrogens (tertiary/aromatic N) is 1. The number of carbonyl (C=O) groups excluding carboxylic acids is 1. The van der Waals surface area contributed by atoms with E-state index in [2.05, 4.69) is 0 Å². The van der Waals surface area contributed by atoms with Crippen molar-refractivity contribution in [1.82, 2.24) is 4.90 Å². The van der Waals surface area contributed by atoms with E-state index in [1.54, 1.807) is 12.1 Å². The maximum Gasteiger partial charge on any atom is 0.323 e. The van der Waals surface area contributed by atoms with Gasteiger partial charge in [-0.3, -0.25) is 9.59 Å². The molecule has 1 rings (SSSR count). The maximum absolute atomic E-state index is 12.6. The molecule has 92 valence electrons. The molecule has 1 aromatic rings. The van der Waals surface area contributed by atoms with Crippen LogP contribution in [-0.4, -0.2) is 35.5 Å². The van der Waals surface area contributed by atoms with Crippen molar-refractivity contribution in [1.29, 1.82) is 0 Å². The van der Waals surface area contributed by atoms with Crippen molar-refractivity contribution >= 4 is 11.9 Å². The number of hydrogen-bond acceptors (Lipinski definition) is 2. The SMILES string of the molecule is CN(CC(=O)O)C(=O)CCc1ccc(F)cc1. The van der Waals surface area contributed by atoms with Gasteiger partial charge in [0.25, 0.3) is 0 Å². The lowest BCUT2D eigenvalue weighted by atomic mass is 10.1. The van der Waals surface area contributed by atoms with Gasteiger partial charge in [0, 0.05) is 13.5 Å². The lowest BCUT2D eigenvalue weighted by molar-refractivity contribution is -0.143. The number of rotatable bonds is 5. The molecule has 0 unspecified atom stereocenters. The summed E-state index contributed by atoms with van der Waals surface area (Å²) in [7, 11) is 1.45. The summed E-state index contributed by atoms with van der Waals surface area (Å²) in [6, 6.07) is 5.89. The highest BCUT2D eigenvalue weighted by molar-refractivity contribution is 5.81. The van der Waals surface area contributed by atoms with Crippen molar-refractivity contribution in [3.8, 4) is 0 Å². The Morgan fingerprint density at radius 2 is 1.88 bits per heavy atom. The molecule has 0 saturated carbocycles. The van der Waals surface area contributed by atoms with E-state index in [0.29, 0.717) is 6.42 Å². The number of aryl methyl sites for hydroxylation is 1. The number of aliphatic carboxylic acids is 1. The molecule has 17 heavy (non-hydrogen) atoms. The smallest absolute Gasteiger partial charge is 0.323 e. The zero-order valence-corrected chi connectivity index (χ0v) is 9.52. The van der Waals surface area contributed by atoms with E-state index in [0.717, 1.165) is 10.5 Å². The van der Waals surface area contributed by atoms with Crippen molar-refractivity contribution in [2.45, 2.75) is 12.8 Å². The van der Waals surface area contributed by atoms with Crippen molar-refractivity contribution in [3.05, 3.63) is 35.6 Å². The number of carboxylic acid groups (broad SMARTS) is 1. The highest BCUT2D eigenvalue weighted by Gasteiger charge is 2.11. The Bertz CT molecular complexity index is 403. The summed E-state index contributed by atoms with van der Waals surface area (Å²) in [5, 5.41) is 8.51. The molecular weight excluding hydrogens is 225 g/mol. The van der Waals surface area contributed by atoms with Gasteiger partial charge in [0.2, 0.25) is 5.91 Å². The first-order chi connectivity index (χ1) is 7.99. The van der Waals surface area contributed by atoms with Crippen LogP contribution in [0.5, 0.6) is 0 Å². The number of halogens is 1. The van der Waals surface area contributed by atoms with Gasteiger partial charge < -0.3 is 10.0 Å². The van der Waals surface area contributed by atoms with E-state index < -0.39 is 5.97 Å². The van der Waals surface area contributed by atoms with E-state index in [-0.39, 0.29) is 24.7 Å². The number of carboxylic acids is 1. The molecule has 0 saturated heterocycles. The fraction of sp³-hybridized carbons (Fsp3) is 0.333. The molecule has 1 amide bonds. The molecule has 0 radical (unpaired) electrons. The molecule has 0 spiro atoms. The van der Waals surface area contributed by atoms with Gasteiger partial charge in [0.1, 0.15) is 12.4 Å². The first kappa shape index (κ1) is 13.2.